The number of rotatable bonds is 3. The zero-order valence-corrected chi connectivity index (χ0v) is 24.1. The number of aromatic nitrogens is 3. The molecule has 12 heteroatoms. The van der Waals surface area contributed by atoms with Crippen molar-refractivity contribution in [1.29, 1.82) is 0 Å². The summed E-state index contributed by atoms with van der Waals surface area (Å²) >= 11 is 7.49. The molecule has 1 aliphatic carbocycles. The van der Waals surface area contributed by atoms with Gasteiger partial charge in [-0.1, -0.05) is 11.6 Å². The Morgan fingerprint density at radius 2 is 1.97 bits per heavy atom. The molecule has 1 saturated carbocycles. The van der Waals surface area contributed by atoms with Crippen LogP contribution in [-0.4, -0.2) is 74.6 Å². The molecular weight excluding hydrogens is 545 g/mol. The lowest BCUT2D eigenvalue weighted by atomic mass is 9.79. The molecule has 0 spiro atoms. The van der Waals surface area contributed by atoms with Crippen LogP contribution in [0.5, 0.6) is 0 Å². The first-order chi connectivity index (χ1) is 18.5. The molecule has 4 atom stereocenters. The molecule has 4 fully saturated rings. The Labute approximate surface area is 235 Å². The Balaban J connectivity index is 1.57. The number of hydrogen-bond acceptors (Lipinski definition) is 7. The first-order valence-corrected chi connectivity index (χ1v) is 14.7. The second kappa shape index (κ2) is 9.40. The summed E-state index contributed by atoms with van der Waals surface area (Å²) in [4.78, 5) is 38.2. The maximum absolute atomic E-state index is 15.3. The SMILES string of the molecule is COC(=O)N1CCC[C@@H]1c1cc2c(SC)nc3c(F)c(Cl)ncc3c2n1[C@H]1[C@@H]2C[C@H]1N(C(=O)OC(C)(C)C)C2. The quantitative estimate of drug-likeness (QED) is 0.272. The normalized spacial score (nSPS) is 24.5. The number of carbonyl (C=O) groups is 2. The number of fused-ring (bicyclic) bond motifs is 4. The van der Waals surface area contributed by atoms with Gasteiger partial charge in [-0.05, 0) is 52.4 Å². The summed E-state index contributed by atoms with van der Waals surface area (Å²) in [5.74, 6) is -0.472. The topological polar surface area (TPSA) is 89.8 Å². The van der Waals surface area contributed by atoms with E-state index in [4.69, 9.17) is 21.1 Å². The monoisotopic (exact) mass is 575 g/mol. The fraction of sp³-hybridized carbons (Fsp3) is 0.556. The van der Waals surface area contributed by atoms with Gasteiger partial charge < -0.3 is 18.9 Å². The van der Waals surface area contributed by atoms with Crippen molar-refractivity contribution in [2.75, 3.05) is 26.5 Å². The van der Waals surface area contributed by atoms with Crippen LogP contribution in [-0.2, 0) is 9.47 Å². The first kappa shape index (κ1) is 26.4. The highest BCUT2D eigenvalue weighted by molar-refractivity contribution is 7.98. The van der Waals surface area contributed by atoms with Crippen LogP contribution in [0.4, 0.5) is 14.0 Å². The maximum Gasteiger partial charge on any atom is 0.410 e. The molecule has 0 aromatic carbocycles. The maximum atomic E-state index is 15.3. The molecule has 9 nitrogen and oxygen atoms in total. The van der Waals surface area contributed by atoms with Gasteiger partial charge in [0.05, 0.1) is 30.8 Å². The van der Waals surface area contributed by atoms with E-state index in [0.717, 1.165) is 35.9 Å². The van der Waals surface area contributed by atoms with Gasteiger partial charge in [-0.2, -0.15) is 0 Å². The minimum absolute atomic E-state index is 0.0656. The fourth-order valence-electron chi connectivity index (χ4n) is 6.53. The Hall–Kier alpha value is -2.79. The summed E-state index contributed by atoms with van der Waals surface area (Å²) in [5.41, 5.74) is 1.28. The number of halogens is 2. The minimum atomic E-state index is -0.662. The predicted octanol–water partition coefficient (Wildman–Crippen LogP) is 6.18. The molecule has 3 saturated heterocycles. The molecule has 0 N–H and O–H groups in total. The smallest absolute Gasteiger partial charge is 0.410 e. The van der Waals surface area contributed by atoms with Crippen LogP contribution in [0.3, 0.4) is 0 Å². The Morgan fingerprint density at radius 1 is 1.21 bits per heavy atom. The van der Waals surface area contributed by atoms with Crippen molar-refractivity contribution in [2.24, 2.45) is 5.92 Å². The number of pyridine rings is 2. The van der Waals surface area contributed by atoms with Gasteiger partial charge in [0.25, 0.3) is 0 Å². The molecule has 4 aliphatic rings. The van der Waals surface area contributed by atoms with Crippen molar-refractivity contribution in [1.82, 2.24) is 24.3 Å². The fourth-order valence-corrected chi connectivity index (χ4v) is 7.22. The number of likely N-dealkylation sites (tertiary alicyclic amines) is 1. The van der Waals surface area contributed by atoms with Crippen LogP contribution in [0, 0.1) is 11.7 Å². The summed E-state index contributed by atoms with van der Waals surface area (Å²) in [5, 5.41) is 1.85. The van der Waals surface area contributed by atoms with Crippen LogP contribution < -0.4 is 0 Å². The van der Waals surface area contributed by atoms with E-state index in [1.165, 1.54) is 18.9 Å². The van der Waals surface area contributed by atoms with Crippen molar-refractivity contribution in [3.63, 3.8) is 0 Å². The summed E-state index contributed by atoms with van der Waals surface area (Å²) in [7, 11) is 1.39. The molecular formula is C27H31ClFN5O4S. The molecule has 2 bridgehead atoms. The van der Waals surface area contributed by atoms with E-state index < -0.39 is 11.4 Å². The summed E-state index contributed by atoms with van der Waals surface area (Å²) in [6, 6.07) is 1.69. The van der Waals surface area contributed by atoms with Crippen LogP contribution in [0.1, 0.15) is 57.8 Å². The number of nitrogens with zero attached hydrogens (tertiary/aromatic N) is 5. The lowest BCUT2D eigenvalue weighted by Gasteiger charge is -2.40. The standard InChI is InChI=1S/C27H31ClFN5O4S/c1-27(2,3)38-26(36)33-12-13-9-18(33)21(13)34-17(16-7-6-8-32(16)25(35)37-4)10-14-22(34)15-11-30-23(28)19(29)20(15)31-24(14)39-5/h10-11,13,16,18,21H,6-9,12H2,1-5H3/t13-,16-,18-,21+/m1/s1. The highest BCUT2D eigenvalue weighted by Crippen LogP contribution is 2.54. The van der Waals surface area contributed by atoms with Gasteiger partial charge in [0.2, 0.25) is 0 Å². The Bertz CT molecular complexity index is 1510. The first-order valence-electron chi connectivity index (χ1n) is 13.1. The molecule has 2 amide bonds. The average molecular weight is 576 g/mol. The van der Waals surface area contributed by atoms with Crippen molar-refractivity contribution in [2.45, 2.75) is 68.8 Å². The third kappa shape index (κ3) is 4.11. The van der Waals surface area contributed by atoms with E-state index in [1.54, 1.807) is 11.1 Å². The summed E-state index contributed by atoms with van der Waals surface area (Å²) < 4.78 is 28.3. The minimum Gasteiger partial charge on any atom is -0.453 e. The Morgan fingerprint density at radius 3 is 2.67 bits per heavy atom. The number of amides is 2. The molecule has 3 aliphatic heterocycles. The molecule has 0 radical (unpaired) electrons. The number of carbonyl (C=O) groups excluding carboxylic acids is 2. The molecule has 39 heavy (non-hydrogen) atoms. The molecule has 3 aromatic heterocycles. The summed E-state index contributed by atoms with van der Waals surface area (Å²) in [6.07, 6.45) is 5.21. The van der Waals surface area contributed by atoms with Gasteiger partial charge in [-0.25, -0.2) is 23.9 Å². The van der Waals surface area contributed by atoms with E-state index in [-0.39, 0.29) is 46.9 Å². The van der Waals surface area contributed by atoms with Crippen LogP contribution in [0.25, 0.3) is 21.8 Å². The van der Waals surface area contributed by atoms with Crippen molar-refractivity contribution in [3.8, 4) is 0 Å². The van der Waals surface area contributed by atoms with E-state index in [1.807, 2.05) is 31.9 Å². The predicted molar refractivity (Wildman–Crippen MR) is 147 cm³/mol. The van der Waals surface area contributed by atoms with E-state index in [0.29, 0.717) is 23.5 Å². The number of hydrogen-bond donors (Lipinski definition) is 0. The van der Waals surface area contributed by atoms with Crippen LogP contribution in [0.15, 0.2) is 17.3 Å². The highest BCUT2D eigenvalue weighted by atomic mass is 35.5. The zero-order chi connectivity index (χ0) is 27.8. The van der Waals surface area contributed by atoms with Crippen molar-refractivity contribution in [3.05, 3.63) is 28.9 Å². The highest BCUT2D eigenvalue weighted by Gasteiger charge is 2.56. The molecule has 6 heterocycles. The lowest BCUT2D eigenvalue weighted by Crippen LogP contribution is -2.45. The molecule has 208 valence electrons. The number of ether oxygens (including phenoxy) is 2. The van der Waals surface area contributed by atoms with Gasteiger partial charge >= 0.3 is 12.2 Å². The third-order valence-corrected chi connectivity index (χ3v) is 9.05. The largest absolute Gasteiger partial charge is 0.453 e. The molecule has 7 rings (SSSR count). The number of methoxy groups -OCH3 is 1. The summed E-state index contributed by atoms with van der Waals surface area (Å²) in [6.45, 7) is 6.74. The third-order valence-electron chi connectivity index (χ3n) is 8.09. The van der Waals surface area contributed by atoms with Crippen LogP contribution >= 0.6 is 23.4 Å². The molecule has 3 aromatic rings. The average Bonchev–Trinajstić information content (AvgIpc) is 3.66. The van der Waals surface area contributed by atoms with Gasteiger partial charge in [0.1, 0.15) is 16.1 Å². The van der Waals surface area contributed by atoms with E-state index in [2.05, 4.69) is 20.6 Å². The van der Waals surface area contributed by atoms with Gasteiger partial charge in [0.15, 0.2) is 11.0 Å². The Kier molecular flexibility index (Phi) is 6.37. The second-order valence-electron chi connectivity index (χ2n) is 11.5. The van der Waals surface area contributed by atoms with E-state index >= 15 is 4.39 Å². The lowest BCUT2D eigenvalue weighted by molar-refractivity contribution is 0.0208. The van der Waals surface area contributed by atoms with Crippen molar-refractivity contribution < 1.29 is 23.5 Å². The van der Waals surface area contributed by atoms with Gasteiger partial charge in [-0.3, -0.25) is 4.90 Å². The zero-order valence-electron chi connectivity index (χ0n) is 22.5. The van der Waals surface area contributed by atoms with Crippen LogP contribution in [0.2, 0.25) is 5.15 Å². The second-order valence-corrected chi connectivity index (χ2v) is 12.6. The van der Waals surface area contributed by atoms with Gasteiger partial charge in [-0.15, -0.1) is 11.8 Å². The van der Waals surface area contributed by atoms with Crippen molar-refractivity contribution >= 4 is 57.4 Å². The van der Waals surface area contributed by atoms with Gasteiger partial charge in [0, 0.05) is 41.7 Å². The van der Waals surface area contributed by atoms with E-state index in [9.17, 15) is 9.59 Å². The molecule has 0 unspecified atom stereocenters. The number of thioether (sulfide) groups is 1.